The van der Waals surface area contributed by atoms with Crippen LogP contribution in [0.3, 0.4) is 0 Å². The molecule has 1 aromatic heterocycles. The van der Waals surface area contributed by atoms with Gasteiger partial charge in [-0.2, -0.15) is 0 Å². The monoisotopic (exact) mass is 344 g/mol. The van der Waals surface area contributed by atoms with Crippen LogP contribution in [0.5, 0.6) is 5.75 Å². The van der Waals surface area contributed by atoms with Crippen molar-refractivity contribution in [1.82, 2.24) is 10.3 Å². The van der Waals surface area contributed by atoms with Gasteiger partial charge in [-0.1, -0.05) is 18.2 Å². The topological polar surface area (TPSA) is 97.8 Å². The van der Waals surface area contributed by atoms with E-state index in [2.05, 4.69) is 10.3 Å². The first-order valence-electron chi connectivity index (χ1n) is 7.79. The Hall–Kier alpha value is -2.93. The maximum Gasteiger partial charge on any atom is 0.354 e. The van der Waals surface area contributed by atoms with Crippen molar-refractivity contribution in [1.29, 1.82) is 0 Å². The molecule has 25 heavy (non-hydrogen) atoms. The maximum atomic E-state index is 11.9. The van der Waals surface area contributed by atoms with Crippen LogP contribution in [0.2, 0.25) is 0 Å². The van der Waals surface area contributed by atoms with Crippen molar-refractivity contribution in [2.75, 3.05) is 20.3 Å². The summed E-state index contributed by atoms with van der Waals surface area (Å²) in [7, 11) is 1.62. The van der Waals surface area contributed by atoms with Crippen LogP contribution in [0.4, 0.5) is 0 Å². The van der Waals surface area contributed by atoms with Gasteiger partial charge >= 0.3 is 5.97 Å². The van der Waals surface area contributed by atoms with Crippen molar-refractivity contribution in [3.05, 3.63) is 59.4 Å². The highest BCUT2D eigenvalue weighted by Crippen LogP contribution is 2.11. The number of hydrogen-bond donors (Lipinski definition) is 2. The van der Waals surface area contributed by atoms with Crippen LogP contribution >= 0.6 is 0 Å². The zero-order chi connectivity index (χ0) is 18.1. The van der Waals surface area contributed by atoms with Crippen LogP contribution in [-0.2, 0) is 11.3 Å². The molecular weight excluding hydrogens is 324 g/mol. The molecule has 0 fully saturated rings. The third-order valence-corrected chi connectivity index (χ3v) is 3.38. The molecule has 0 aliphatic carbocycles. The number of nitrogens with zero attached hydrogens (tertiary/aromatic N) is 1. The Morgan fingerprint density at radius 2 is 1.84 bits per heavy atom. The lowest BCUT2D eigenvalue weighted by Gasteiger charge is -2.07. The average Bonchev–Trinajstić information content (AvgIpc) is 2.65. The van der Waals surface area contributed by atoms with Crippen LogP contribution in [0.15, 0.2) is 42.5 Å². The molecule has 2 aromatic rings. The van der Waals surface area contributed by atoms with E-state index >= 15 is 0 Å². The summed E-state index contributed by atoms with van der Waals surface area (Å²) in [6, 6.07) is 11.9. The highest BCUT2D eigenvalue weighted by molar-refractivity contribution is 5.94. The minimum absolute atomic E-state index is 0.0825. The summed E-state index contributed by atoms with van der Waals surface area (Å²) in [6.07, 6.45) is 0.639. The SMILES string of the molecule is COc1ccc(COCCCNC(=O)c2cccc(C(=O)O)n2)cc1. The van der Waals surface area contributed by atoms with Crippen molar-refractivity contribution in [2.45, 2.75) is 13.0 Å². The molecule has 0 aliphatic heterocycles. The number of amides is 1. The first-order valence-corrected chi connectivity index (χ1v) is 7.79. The van der Waals surface area contributed by atoms with Crippen LogP contribution < -0.4 is 10.1 Å². The highest BCUT2D eigenvalue weighted by Gasteiger charge is 2.10. The Kier molecular flexibility index (Phi) is 6.91. The molecule has 0 unspecified atom stereocenters. The van der Waals surface area contributed by atoms with Gasteiger partial charge in [0.1, 0.15) is 17.1 Å². The van der Waals surface area contributed by atoms with E-state index in [1.54, 1.807) is 7.11 Å². The summed E-state index contributed by atoms with van der Waals surface area (Å²) >= 11 is 0. The molecule has 0 aliphatic rings. The largest absolute Gasteiger partial charge is 0.497 e. The number of carbonyl (C=O) groups excluding carboxylic acids is 1. The van der Waals surface area contributed by atoms with Gasteiger partial charge in [-0.25, -0.2) is 9.78 Å². The fourth-order valence-corrected chi connectivity index (χ4v) is 2.06. The zero-order valence-electron chi connectivity index (χ0n) is 13.9. The second-order valence-electron chi connectivity index (χ2n) is 5.22. The molecule has 1 amide bonds. The molecule has 0 spiro atoms. The Morgan fingerprint density at radius 1 is 1.12 bits per heavy atom. The van der Waals surface area contributed by atoms with Crippen LogP contribution in [0.1, 0.15) is 33.0 Å². The fourth-order valence-electron chi connectivity index (χ4n) is 2.06. The Labute approximate surface area is 145 Å². The van der Waals surface area contributed by atoms with E-state index in [0.717, 1.165) is 11.3 Å². The molecule has 0 atom stereocenters. The van der Waals surface area contributed by atoms with Gasteiger partial charge in [-0.3, -0.25) is 4.79 Å². The lowest BCUT2D eigenvalue weighted by Crippen LogP contribution is -2.26. The Balaban J connectivity index is 1.66. The van der Waals surface area contributed by atoms with Crippen molar-refractivity contribution in [2.24, 2.45) is 0 Å². The number of methoxy groups -OCH3 is 1. The summed E-state index contributed by atoms with van der Waals surface area (Å²) in [6.45, 7) is 1.40. The van der Waals surface area contributed by atoms with Crippen LogP contribution in [-0.4, -0.2) is 42.2 Å². The minimum Gasteiger partial charge on any atom is -0.497 e. The van der Waals surface area contributed by atoms with E-state index in [1.807, 2.05) is 24.3 Å². The number of benzene rings is 1. The summed E-state index contributed by atoms with van der Waals surface area (Å²) < 4.78 is 10.6. The number of carboxylic acid groups (broad SMARTS) is 1. The second kappa shape index (κ2) is 9.39. The normalized spacial score (nSPS) is 10.3. The average molecular weight is 344 g/mol. The molecule has 0 saturated carbocycles. The number of rotatable bonds is 9. The molecule has 1 aromatic carbocycles. The van der Waals surface area contributed by atoms with Gasteiger partial charge in [-0.15, -0.1) is 0 Å². The summed E-state index contributed by atoms with van der Waals surface area (Å²) in [5.74, 6) is -0.771. The van der Waals surface area contributed by atoms with Crippen molar-refractivity contribution in [3.8, 4) is 5.75 Å². The lowest BCUT2D eigenvalue weighted by molar-refractivity contribution is 0.0690. The van der Waals surface area contributed by atoms with Crippen molar-refractivity contribution >= 4 is 11.9 Å². The highest BCUT2D eigenvalue weighted by atomic mass is 16.5. The smallest absolute Gasteiger partial charge is 0.354 e. The van der Waals surface area contributed by atoms with E-state index in [4.69, 9.17) is 14.6 Å². The number of pyridine rings is 1. The predicted octanol–water partition coefficient (Wildman–Crippen LogP) is 2.13. The molecular formula is C18H20N2O5. The third kappa shape index (κ3) is 5.89. The molecule has 7 nitrogen and oxygen atoms in total. The first-order chi connectivity index (χ1) is 12.1. The maximum absolute atomic E-state index is 11.9. The van der Waals surface area contributed by atoms with E-state index in [0.29, 0.717) is 26.2 Å². The molecule has 1 heterocycles. The lowest BCUT2D eigenvalue weighted by atomic mass is 10.2. The van der Waals surface area contributed by atoms with Gasteiger partial charge in [0.2, 0.25) is 0 Å². The number of hydrogen-bond acceptors (Lipinski definition) is 5. The number of aromatic carboxylic acids is 1. The van der Waals surface area contributed by atoms with Gasteiger partial charge in [-0.05, 0) is 36.2 Å². The molecule has 0 radical (unpaired) electrons. The van der Waals surface area contributed by atoms with Gasteiger partial charge in [0, 0.05) is 13.2 Å². The Bertz CT molecular complexity index is 716. The molecule has 0 bridgehead atoms. The van der Waals surface area contributed by atoms with E-state index < -0.39 is 11.9 Å². The van der Waals surface area contributed by atoms with Gasteiger partial charge in [0.15, 0.2) is 0 Å². The quantitative estimate of drug-likeness (QED) is 0.676. The minimum atomic E-state index is -1.17. The van der Waals surface area contributed by atoms with Crippen LogP contribution in [0.25, 0.3) is 0 Å². The number of aromatic nitrogens is 1. The summed E-state index contributed by atoms with van der Waals surface area (Å²) in [5.41, 5.74) is 0.967. The van der Waals surface area contributed by atoms with Gasteiger partial charge in [0.05, 0.1) is 13.7 Å². The summed E-state index contributed by atoms with van der Waals surface area (Å²) in [4.78, 5) is 26.5. The second-order valence-corrected chi connectivity index (χ2v) is 5.22. The van der Waals surface area contributed by atoms with Crippen molar-refractivity contribution < 1.29 is 24.2 Å². The predicted molar refractivity (Wildman–Crippen MR) is 90.8 cm³/mol. The molecule has 2 rings (SSSR count). The van der Waals surface area contributed by atoms with E-state index in [-0.39, 0.29) is 11.4 Å². The fraction of sp³-hybridized carbons (Fsp3) is 0.278. The molecule has 0 saturated heterocycles. The molecule has 7 heteroatoms. The molecule has 2 N–H and O–H groups in total. The molecule has 132 valence electrons. The van der Waals surface area contributed by atoms with E-state index in [9.17, 15) is 9.59 Å². The standard InChI is InChI=1S/C18H20N2O5/c1-24-14-8-6-13(7-9-14)12-25-11-3-10-19-17(21)15-4-2-5-16(20-15)18(22)23/h2,4-9H,3,10-12H2,1H3,(H,19,21)(H,22,23). The van der Waals surface area contributed by atoms with E-state index in [1.165, 1.54) is 18.2 Å². The zero-order valence-corrected chi connectivity index (χ0v) is 13.9. The number of ether oxygens (including phenoxy) is 2. The number of carboxylic acids is 1. The van der Waals surface area contributed by atoms with Gasteiger partial charge < -0.3 is 19.9 Å². The first kappa shape index (κ1) is 18.4. The third-order valence-electron chi connectivity index (χ3n) is 3.38. The summed E-state index contributed by atoms with van der Waals surface area (Å²) in [5, 5.41) is 11.6. The van der Waals surface area contributed by atoms with Crippen molar-refractivity contribution in [3.63, 3.8) is 0 Å². The number of carbonyl (C=O) groups is 2. The Morgan fingerprint density at radius 3 is 2.52 bits per heavy atom. The number of nitrogens with one attached hydrogen (secondary N) is 1. The van der Waals surface area contributed by atoms with Gasteiger partial charge in [0.25, 0.3) is 5.91 Å². The van der Waals surface area contributed by atoms with Crippen LogP contribution in [0, 0.1) is 0 Å².